The lowest BCUT2D eigenvalue weighted by Gasteiger charge is -2.22. The zero-order valence-electron chi connectivity index (χ0n) is 37.2. The molecule has 0 heterocycles. The van der Waals surface area contributed by atoms with Crippen LogP contribution in [0.15, 0.2) is 18.2 Å². The second-order valence-corrected chi connectivity index (χ2v) is 16.9. The molecule has 59 heavy (non-hydrogen) atoms. The molecule has 0 aliphatic carbocycles. The Morgan fingerprint density at radius 1 is 0.525 bits per heavy atom. The van der Waals surface area contributed by atoms with Crippen molar-refractivity contribution in [2.45, 2.75) is 113 Å². The van der Waals surface area contributed by atoms with Crippen LogP contribution in [0, 0.1) is 17.8 Å². The molecular weight excluding hydrogens is 759 g/mol. The summed E-state index contributed by atoms with van der Waals surface area (Å²) in [4.78, 5) is 104. The summed E-state index contributed by atoms with van der Waals surface area (Å²) in [6.07, 6.45) is 0.867. The molecule has 1 rings (SSSR count). The van der Waals surface area contributed by atoms with E-state index in [9.17, 15) is 38.4 Å². The highest BCUT2D eigenvalue weighted by atomic mass is 16.5. The molecule has 0 saturated heterocycles. The normalized spacial score (nSPS) is 11.3. The Bertz CT molecular complexity index is 1400. The van der Waals surface area contributed by atoms with E-state index < -0.39 is 11.8 Å². The fourth-order valence-electron chi connectivity index (χ4n) is 5.97. The Labute approximate surface area is 351 Å². The number of benzene rings is 1. The van der Waals surface area contributed by atoms with Gasteiger partial charge in [-0.3, -0.25) is 38.4 Å². The van der Waals surface area contributed by atoms with Gasteiger partial charge < -0.3 is 35.2 Å². The lowest BCUT2D eigenvalue weighted by Crippen LogP contribution is -2.45. The quantitative estimate of drug-likeness (QED) is 0.0950. The number of carbonyl (C=O) groups excluding carboxylic acids is 8. The molecule has 15 nitrogen and oxygen atoms in total. The monoisotopic (exact) mass is 830 g/mol. The van der Waals surface area contributed by atoms with E-state index in [1.54, 1.807) is 12.1 Å². The third-order valence-electron chi connectivity index (χ3n) is 8.63. The molecule has 1 aromatic rings. The van der Waals surface area contributed by atoms with Crippen molar-refractivity contribution in [3.05, 3.63) is 34.9 Å². The molecule has 0 unspecified atom stereocenters. The van der Waals surface area contributed by atoms with Crippen LogP contribution < -0.4 is 16.0 Å². The van der Waals surface area contributed by atoms with Crippen molar-refractivity contribution in [1.29, 1.82) is 0 Å². The van der Waals surface area contributed by atoms with Crippen LogP contribution in [0.3, 0.4) is 0 Å². The SMILES string of the molecule is CC(C)CC(=O)CN(CC(=O)CC(C)C)C(=O)CCOCCNC(=O)c1cc(C(=O)NCCOCCC(=O)N(CC(=O)CC(C)C)CC(=O)NC(C)C)cc(C(C)C)c1. The maximum Gasteiger partial charge on any atom is 0.251 e. The summed E-state index contributed by atoms with van der Waals surface area (Å²) in [5.41, 5.74) is 1.36. The van der Waals surface area contributed by atoms with Gasteiger partial charge in [0.15, 0.2) is 17.3 Å². The highest BCUT2D eigenvalue weighted by molar-refractivity contribution is 6.00. The molecule has 3 N–H and O–H groups in total. The molecule has 0 bridgehead atoms. The van der Waals surface area contributed by atoms with E-state index in [0.717, 1.165) is 5.56 Å². The number of hydrogen-bond donors (Lipinski definition) is 3. The standard InChI is InChI=1S/C44H71N5O10/c1-29(2)19-37(50)25-48(26-38(51)20-30(3)4)41(54)11-15-58-17-13-45-43(56)35-22-34(32(7)8)23-36(24-35)44(57)46-14-18-59-16-12-42(55)49(27-39(52)21-31(5)6)28-40(53)47-33(9)10/h22-24,29-33H,11-21,25-28H2,1-10H3,(H,45,56)(H,46,57)(H,47,53). The largest absolute Gasteiger partial charge is 0.379 e. The van der Waals surface area contributed by atoms with Crippen molar-refractivity contribution >= 4 is 46.9 Å². The fourth-order valence-corrected chi connectivity index (χ4v) is 5.97. The molecule has 0 radical (unpaired) electrons. The molecule has 5 amide bonds. The van der Waals surface area contributed by atoms with Gasteiger partial charge in [0.2, 0.25) is 17.7 Å². The van der Waals surface area contributed by atoms with E-state index in [1.165, 1.54) is 15.9 Å². The van der Waals surface area contributed by atoms with Crippen LogP contribution in [0.2, 0.25) is 0 Å². The molecule has 0 spiro atoms. The highest BCUT2D eigenvalue weighted by Gasteiger charge is 2.23. The molecule has 0 saturated carbocycles. The van der Waals surface area contributed by atoms with E-state index in [-0.39, 0.29) is 154 Å². The van der Waals surface area contributed by atoms with Crippen LogP contribution in [0.1, 0.15) is 134 Å². The van der Waals surface area contributed by atoms with Gasteiger partial charge in [0.05, 0.1) is 65.4 Å². The molecule has 0 aliphatic rings. The zero-order valence-corrected chi connectivity index (χ0v) is 37.2. The number of amides is 5. The van der Waals surface area contributed by atoms with Crippen LogP contribution in [-0.4, -0.2) is 128 Å². The van der Waals surface area contributed by atoms with E-state index in [1.807, 2.05) is 69.2 Å². The van der Waals surface area contributed by atoms with E-state index in [4.69, 9.17) is 9.47 Å². The van der Waals surface area contributed by atoms with E-state index in [0.29, 0.717) is 19.3 Å². The van der Waals surface area contributed by atoms with E-state index >= 15 is 0 Å². The van der Waals surface area contributed by atoms with Crippen LogP contribution in [0.4, 0.5) is 0 Å². The van der Waals surface area contributed by atoms with Gasteiger partial charge in [-0.1, -0.05) is 55.4 Å². The van der Waals surface area contributed by atoms with Gasteiger partial charge in [0.25, 0.3) is 11.8 Å². The summed E-state index contributed by atoms with van der Waals surface area (Å²) in [5, 5.41) is 8.29. The lowest BCUT2D eigenvalue weighted by molar-refractivity contribution is -0.140. The van der Waals surface area contributed by atoms with Crippen LogP contribution >= 0.6 is 0 Å². The Hall–Kier alpha value is -4.50. The third kappa shape index (κ3) is 23.6. The predicted octanol–water partition coefficient (Wildman–Crippen LogP) is 4.11. The Kier molecular flexibility index (Phi) is 25.0. The van der Waals surface area contributed by atoms with Gasteiger partial charge in [0, 0.05) is 49.5 Å². The number of hydrogen-bond acceptors (Lipinski definition) is 10. The predicted molar refractivity (Wildman–Crippen MR) is 226 cm³/mol. The Balaban J connectivity index is 2.67. The molecular formula is C44H71N5O10. The molecule has 0 aliphatic heterocycles. The lowest BCUT2D eigenvalue weighted by atomic mass is 9.97. The van der Waals surface area contributed by atoms with Gasteiger partial charge in [0.1, 0.15) is 0 Å². The van der Waals surface area contributed by atoms with E-state index in [2.05, 4.69) is 16.0 Å². The minimum atomic E-state index is -0.411. The van der Waals surface area contributed by atoms with Gasteiger partial charge in [-0.15, -0.1) is 0 Å². The summed E-state index contributed by atoms with van der Waals surface area (Å²) in [6.45, 7) is 18.9. The number of rotatable bonds is 30. The number of nitrogens with zero attached hydrogens (tertiary/aromatic N) is 2. The van der Waals surface area contributed by atoms with Gasteiger partial charge in [-0.2, -0.15) is 0 Å². The maximum atomic E-state index is 13.1. The average molecular weight is 830 g/mol. The number of Topliss-reactive ketones (excluding diaryl/α,β-unsaturated/α-hetero) is 3. The molecule has 0 atom stereocenters. The van der Waals surface area contributed by atoms with Gasteiger partial charge in [-0.25, -0.2) is 0 Å². The number of carbonyl (C=O) groups is 8. The van der Waals surface area contributed by atoms with Gasteiger partial charge >= 0.3 is 0 Å². The first-order chi connectivity index (χ1) is 27.7. The number of ether oxygens (including phenoxy) is 2. The van der Waals surface area contributed by atoms with Crippen molar-refractivity contribution in [3.63, 3.8) is 0 Å². The Morgan fingerprint density at radius 3 is 1.24 bits per heavy atom. The first-order valence-corrected chi connectivity index (χ1v) is 20.9. The number of nitrogens with one attached hydrogen (secondary N) is 3. The molecule has 1 aromatic carbocycles. The van der Waals surface area contributed by atoms with Crippen molar-refractivity contribution in [2.75, 3.05) is 65.7 Å². The third-order valence-corrected chi connectivity index (χ3v) is 8.63. The summed E-state index contributed by atoms with van der Waals surface area (Å²) in [5.74, 6) is -1.82. The molecule has 332 valence electrons. The van der Waals surface area contributed by atoms with Crippen molar-refractivity contribution in [2.24, 2.45) is 17.8 Å². The van der Waals surface area contributed by atoms with Gasteiger partial charge in [-0.05, 0) is 61.3 Å². The number of ketones is 3. The summed E-state index contributed by atoms with van der Waals surface area (Å²) in [7, 11) is 0. The first kappa shape index (κ1) is 52.5. The van der Waals surface area contributed by atoms with Crippen LogP contribution in [0.25, 0.3) is 0 Å². The van der Waals surface area contributed by atoms with Crippen molar-refractivity contribution in [3.8, 4) is 0 Å². The zero-order chi connectivity index (χ0) is 44.7. The highest BCUT2D eigenvalue weighted by Crippen LogP contribution is 2.19. The van der Waals surface area contributed by atoms with Crippen molar-refractivity contribution < 1.29 is 47.8 Å². The first-order valence-electron chi connectivity index (χ1n) is 20.9. The summed E-state index contributed by atoms with van der Waals surface area (Å²) < 4.78 is 11.2. The second kappa shape index (κ2) is 28.1. The molecule has 15 heteroatoms. The topological polar surface area (TPSA) is 198 Å². The maximum absolute atomic E-state index is 13.1. The second-order valence-electron chi connectivity index (χ2n) is 16.9. The minimum absolute atomic E-state index is 0.0199. The Morgan fingerprint density at radius 2 is 0.898 bits per heavy atom. The molecule has 0 aromatic heterocycles. The summed E-state index contributed by atoms with van der Waals surface area (Å²) >= 11 is 0. The minimum Gasteiger partial charge on any atom is -0.379 e. The average Bonchev–Trinajstić information content (AvgIpc) is 3.11. The summed E-state index contributed by atoms with van der Waals surface area (Å²) in [6, 6.07) is 4.83. The molecule has 0 fully saturated rings. The fraction of sp³-hybridized carbons (Fsp3) is 0.682. The van der Waals surface area contributed by atoms with Crippen molar-refractivity contribution in [1.82, 2.24) is 25.8 Å². The smallest absolute Gasteiger partial charge is 0.251 e. The van der Waals surface area contributed by atoms with Crippen LogP contribution in [0.5, 0.6) is 0 Å². The van der Waals surface area contributed by atoms with Crippen LogP contribution in [-0.2, 0) is 38.2 Å².